The lowest BCUT2D eigenvalue weighted by atomic mass is 9.88. The van der Waals surface area contributed by atoms with E-state index in [2.05, 4.69) is 93.2 Å². The van der Waals surface area contributed by atoms with Gasteiger partial charge in [0.1, 0.15) is 23.7 Å². The Morgan fingerprint density at radius 3 is 2.29 bits per heavy atom. The molecule has 0 aliphatic carbocycles. The van der Waals surface area contributed by atoms with Crippen molar-refractivity contribution >= 4 is 51.2 Å². The molecule has 8 rings (SSSR count). The standard InChI is InChI=1S/C46H55N11O2/c1-5-39(6-2)56-21-17-35-29-49-46(53-43(35)56)51-42-16-14-33(37-10-9-20-55(30-37)32(4)58)26-34(42)13-15-40(7-3)57-22-18-36-28-48-45(52-44(36)57)50-38-11-8-12-41(27-38)59-25-24-54-23-19-47-31-54/h8,11-12,14,16-19,21-23,26-29,31,37,39-40H,5-7,9-10,13,15,20,24-25,30H2,1-4H3,(H,48,50,52)(H,49,51,53). The molecule has 1 aliphatic rings. The van der Waals surface area contributed by atoms with Crippen molar-refractivity contribution in [3.05, 3.63) is 109 Å². The zero-order valence-electron chi connectivity index (χ0n) is 34.6. The number of amides is 1. The van der Waals surface area contributed by atoms with Crippen molar-refractivity contribution < 1.29 is 9.53 Å². The molecule has 0 saturated carbocycles. The van der Waals surface area contributed by atoms with Crippen molar-refractivity contribution in [3.8, 4) is 5.75 Å². The number of aryl methyl sites for hydroxylation is 1. The lowest BCUT2D eigenvalue weighted by molar-refractivity contribution is -0.130. The van der Waals surface area contributed by atoms with Gasteiger partial charge in [-0.1, -0.05) is 39.0 Å². The van der Waals surface area contributed by atoms with Gasteiger partial charge in [0, 0.05) is 103 Å². The summed E-state index contributed by atoms with van der Waals surface area (Å²) in [6, 6.07) is 19.4. The summed E-state index contributed by atoms with van der Waals surface area (Å²) >= 11 is 0. The average Bonchev–Trinajstić information content (AvgIpc) is 4.04. The van der Waals surface area contributed by atoms with E-state index in [1.165, 1.54) is 11.1 Å². The summed E-state index contributed by atoms with van der Waals surface area (Å²) in [7, 11) is 0. The van der Waals surface area contributed by atoms with Crippen LogP contribution in [0, 0.1) is 0 Å². The highest BCUT2D eigenvalue weighted by molar-refractivity contribution is 5.78. The number of hydrogen-bond donors (Lipinski definition) is 2. The van der Waals surface area contributed by atoms with Gasteiger partial charge in [-0.2, -0.15) is 9.97 Å². The van der Waals surface area contributed by atoms with Gasteiger partial charge in [0.05, 0.1) is 12.9 Å². The van der Waals surface area contributed by atoms with E-state index in [9.17, 15) is 4.79 Å². The first-order valence-corrected chi connectivity index (χ1v) is 21.2. The second kappa shape index (κ2) is 18.1. The number of carbonyl (C=O) groups excluding carboxylic acids is 1. The number of anilines is 4. The molecule has 2 unspecified atom stereocenters. The number of fused-ring (bicyclic) bond motifs is 2. The number of rotatable bonds is 17. The molecule has 0 bridgehead atoms. The summed E-state index contributed by atoms with van der Waals surface area (Å²) in [6.45, 7) is 11.2. The summed E-state index contributed by atoms with van der Waals surface area (Å²) < 4.78 is 12.6. The highest BCUT2D eigenvalue weighted by Crippen LogP contribution is 2.34. The van der Waals surface area contributed by atoms with E-state index in [1.54, 1.807) is 19.4 Å². The van der Waals surface area contributed by atoms with Crippen LogP contribution in [-0.2, 0) is 17.8 Å². The maximum Gasteiger partial charge on any atom is 0.229 e. The van der Waals surface area contributed by atoms with Crippen LogP contribution in [0.25, 0.3) is 22.1 Å². The Bertz CT molecular complexity index is 2490. The van der Waals surface area contributed by atoms with Gasteiger partial charge in [0.15, 0.2) is 0 Å². The van der Waals surface area contributed by atoms with E-state index < -0.39 is 0 Å². The summed E-state index contributed by atoms with van der Waals surface area (Å²) in [5.74, 6) is 2.33. The molecule has 1 aliphatic heterocycles. The van der Waals surface area contributed by atoms with Gasteiger partial charge in [0.2, 0.25) is 17.8 Å². The summed E-state index contributed by atoms with van der Waals surface area (Å²) in [6.07, 6.45) is 20.4. The number of nitrogens with one attached hydrogen (secondary N) is 2. The van der Waals surface area contributed by atoms with Crippen LogP contribution >= 0.6 is 0 Å². The smallest absolute Gasteiger partial charge is 0.229 e. The predicted molar refractivity (Wildman–Crippen MR) is 234 cm³/mol. The van der Waals surface area contributed by atoms with E-state index in [4.69, 9.17) is 19.7 Å². The Labute approximate surface area is 345 Å². The Hall–Kier alpha value is -6.24. The van der Waals surface area contributed by atoms with Crippen LogP contribution < -0.4 is 15.4 Å². The minimum Gasteiger partial charge on any atom is -0.492 e. The highest BCUT2D eigenvalue weighted by Gasteiger charge is 2.24. The first-order valence-electron chi connectivity index (χ1n) is 21.2. The van der Waals surface area contributed by atoms with Crippen LogP contribution in [0.1, 0.15) is 95.3 Å². The number of piperidine rings is 1. The number of hydrogen-bond acceptors (Lipinski definition) is 9. The molecule has 0 spiro atoms. The van der Waals surface area contributed by atoms with E-state index in [-0.39, 0.29) is 11.9 Å². The number of nitrogens with zero attached hydrogens (tertiary/aromatic N) is 9. The van der Waals surface area contributed by atoms with Crippen molar-refractivity contribution in [2.45, 2.75) is 97.2 Å². The molecule has 13 heteroatoms. The van der Waals surface area contributed by atoms with Gasteiger partial charge < -0.3 is 34.0 Å². The molecule has 2 atom stereocenters. The number of carbonyl (C=O) groups is 1. The van der Waals surface area contributed by atoms with Gasteiger partial charge in [-0.15, -0.1) is 0 Å². The Morgan fingerprint density at radius 1 is 0.864 bits per heavy atom. The molecule has 2 N–H and O–H groups in total. The molecule has 1 amide bonds. The molecular formula is C46H55N11O2. The fourth-order valence-corrected chi connectivity index (χ4v) is 8.46. The molecule has 5 aromatic heterocycles. The van der Waals surface area contributed by atoms with Crippen LogP contribution in [0.15, 0.2) is 98.1 Å². The highest BCUT2D eigenvalue weighted by atomic mass is 16.5. The first kappa shape index (κ1) is 39.6. The molecular weight excluding hydrogens is 739 g/mol. The van der Waals surface area contributed by atoms with Gasteiger partial charge in [-0.25, -0.2) is 15.0 Å². The zero-order valence-corrected chi connectivity index (χ0v) is 34.6. The number of imidazole rings is 1. The third-order valence-electron chi connectivity index (χ3n) is 11.8. The fourth-order valence-electron chi connectivity index (χ4n) is 8.46. The van der Waals surface area contributed by atoms with Gasteiger partial charge >= 0.3 is 0 Å². The normalized spacial score (nSPS) is 14.9. The second-order valence-corrected chi connectivity index (χ2v) is 15.6. The number of likely N-dealkylation sites (tertiary alicyclic amines) is 1. The maximum absolute atomic E-state index is 12.4. The van der Waals surface area contributed by atoms with Crippen molar-refractivity contribution in [2.75, 3.05) is 30.3 Å². The fraction of sp³-hybridized carbons (Fsp3) is 0.391. The molecule has 59 heavy (non-hydrogen) atoms. The molecule has 2 aromatic carbocycles. The zero-order chi connectivity index (χ0) is 40.7. The van der Waals surface area contributed by atoms with Crippen LogP contribution in [-0.4, -0.2) is 69.1 Å². The average molecular weight is 794 g/mol. The topological polar surface area (TPSA) is 133 Å². The lowest BCUT2D eigenvalue weighted by Gasteiger charge is -2.32. The molecule has 1 fully saturated rings. The quantitative estimate of drug-likeness (QED) is 0.0925. The minimum absolute atomic E-state index is 0.144. The van der Waals surface area contributed by atoms with Crippen molar-refractivity contribution in [3.63, 3.8) is 0 Å². The van der Waals surface area contributed by atoms with Crippen LogP contribution in [0.5, 0.6) is 5.75 Å². The monoisotopic (exact) mass is 793 g/mol. The van der Waals surface area contributed by atoms with Crippen LogP contribution in [0.3, 0.4) is 0 Å². The van der Waals surface area contributed by atoms with Gasteiger partial charge in [0.25, 0.3) is 0 Å². The molecule has 306 valence electrons. The van der Waals surface area contributed by atoms with Crippen molar-refractivity contribution in [2.24, 2.45) is 0 Å². The molecule has 0 radical (unpaired) electrons. The first-order chi connectivity index (χ1) is 28.9. The van der Waals surface area contributed by atoms with E-state index >= 15 is 0 Å². The van der Waals surface area contributed by atoms with E-state index in [0.29, 0.717) is 30.5 Å². The summed E-state index contributed by atoms with van der Waals surface area (Å²) in [5, 5.41) is 9.06. The second-order valence-electron chi connectivity index (χ2n) is 15.6. The van der Waals surface area contributed by atoms with Crippen molar-refractivity contribution in [1.29, 1.82) is 0 Å². The van der Waals surface area contributed by atoms with Gasteiger partial charge in [-0.05, 0) is 86.4 Å². The van der Waals surface area contributed by atoms with Crippen molar-refractivity contribution in [1.82, 2.24) is 43.5 Å². The molecule has 7 aromatic rings. The van der Waals surface area contributed by atoms with E-state index in [0.717, 1.165) is 104 Å². The van der Waals surface area contributed by atoms with Gasteiger partial charge in [-0.3, -0.25) is 4.79 Å². The molecule has 6 heterocycles. The predicted octanol–water partition coefficient (Wildman–Crippen LogP) is 9.61. The minimum atomic E-state index is 0.144. The third kappa shape index (κ3) is 9.09. The summed E-state index contributed by atoms with van der Waals surface area (Å²) in [5.41, 5.74) is 6.17. The third-order valence-corrected chi connectivity index (χ3v) is 11.8. The Kier molecular flexibility index (Phi) is 12.2. The number of ether oxygens (including phenoxy) is 1. The van der Waals surface area contributed by atoms with Crippen LogP contribution in [0.2, 0.25) is 0 Å². The largest absolute Gasteiger partial charge is 0.492 e. The maximum atomic E-state index is 12.4. The number of aromatic nitrogens is 8. The van der Waals surface area contributed by atoms with E-state index in [1.807, 2.05) is 52.3 Å². The Balaban J connectivity index is 1.03. The molecule has 13 nitrogen and oxygen atoms in total. The summed E-state index contributed by atoms with van der Waals surface area (Å²) in [4.78, 5) is 37.9. The lowest BCUT2D eigenvalue weighted by Crippen LogP contribution is -2.37. The SMILES string of the molecule is CCC(CCc1cc(C2CCCN(C(C)=O)C2)ccc1Nc1ncc2ccn(C(CC)CC)c2n1)n1ccc2cnc(Nc3cccc(OCCn4ccnc4)c3)nc21. The molecule has 1 saturated heterocycles. The number of benzene rings is 2. The van der Waals surface area contributed by atoms with Crippen LogP contribution in [0.4, 0.5) is 23.3 Å². The Morgan fingerprint density at radius 2 is 1.59 bits per heavy atom.